The lowest BCUT2D eigenvalue weighted by Crippen LogP contribution is -2.07. The SMILES string of the molecule is COc1ccc(-c2c(/C=C\C(=O)Nc3ccc(CO[PH](=O)OCc4ccc(NC(=O)/C=C\c5cnn(C)c5-c5ccc(OC)cc5)cc4)cc3)cnn2C)cc1. The van der Waals surface area contributed by atoms with Crippen LogP contribution in [0.1, 0.15) is 22.3 Å². The van der Waals surface area contributed by atoms with Crippen molar-refractivity contribution >= 4 is 43.6 Å². The molecular formula is C42H41N6O7P. The maximum atomic E-state index is 12.7. The van der Waals surface area contributed by atoms with Gasteiger partial charge in [0.25, 0.3) is 0 Å². The van der Waals surface area contributed by atoms with E-state index in [1.807, 2.05) is 62.6 Å². The minimum Gasteiger partial charge on any atom is -0.497 e. The van der Waals surface area contributed by atoms with E-state index < -0.39 is 8.25 Å². The quantitative estimate of drug-likeness (QED) is 0.0739. The van der Waals surface area contributed by atoms with E-state index in [0.717, 1.165) is 56.3 Å². The van der Waals surface area contributed by atoms with E-state index in [1.54, 1.807) is 96.7 Å². The van der Waals surface area contributed by atoms with Gasteiger partial charge in [-0.3, -0.25) is 23.5 Å². The number of carbonyl (C=O) groups is 2. The molecule has 0 unspecified atom stereocenters. The lowest BCUT2D eigenvalue weighted by Gasteiger charge is -2.08. The highest BCUT2D eigenvalue weighted by Gasteiger charge is 2.12. The second kappa shape index (κ2) is 18.7. The van der Waals surface area contributed by atoms with Crippen LogP contribution >= 0.6 is 8.25 Å². The molecule has 0 saturated heterocycles. The molecule has 2 aromatic heterocycles. The third-order valence-corrected chi connectivity index (χ3v) is 9.41. The second-order valence-corrected chi connectivity index (χ2v) is 13.5. The molecule has 2 heterocycles. The number of methoxy groups -OCH3 is 2. The van der Waals surface area contributed by atoms with Crippen LogP contribution < -0.4 is 20.1 Å². The Hall–Kier alpha value is -6.53. The second-order valence-electron chi connectivity index (χ2n) is 12.5. The first-order valence-corrected chi connectivity index (χ1v) is 18.7. The van der Waals surface area contributed by atoms with Crippen molar-refractivity contribution in [3.63, 3.8) is 0 Å². The van der Waals surface area contributed by atoms with Crippen molar-refractivity contribution in [3.8, 4) is 34.0 Å². The molecule has 6 aromatic rings. The Kier molecular flexibility index (Phi) is 13.1. The van der Waals surface area contributed by atoms with Crippen molar-refractivity contribution in [2.75, 3.05) is 24.9 Å². The van der Waals surface area contributed by atoms with Gasteiger partial charge in [-0.1, -0.05) is 24.3 Å². The summed E-state index contributed by atoms with van der Waals surface area (Å²) in [5.74, 6) is 0.905. The van der Waals surface area contributed by atoms with Gasteiger partial charge in [-0.25, -0.2) is 0 Å². The van der Waals surface area contributed by atoms with E-state index in [0.29, 0.717) is 11.4 Å². The van der Waals surface area contributed by atoms with Crippen LogP contribution in [0.5, 0.6) is 11.5 Å². The number of aryl methyl sites for hydroxylation is 2. The molecule has 0 bridgehead atoms. The zero-order valence-corrected chi connectivity index (χ0v) is 32.3. The first kappa shape index (κ1) is 39.2. The molecule has 6 rings (SSSR count). The summed E-state index contributed by atoms with van der Waals surface area (Å²) in [4.78, 5) is 25.3. The number of hydrogen-bond acceptors (Lipinski definition) is 9. The van der Waals surface area contributed by atoms with E-state index in [-0.39, 0.29) is 25.0 Å². The van der Waals surface area contributed by atoms with Crippen molar-refractivity contribution in [3.05, 3.63) is 144 Å². The minimum atomic E-state index is -2.79. The van der Waals surface area contributed by atoms with Crippen molar-refractivity contribution in [1.82, 2.24) is 19.6 Å². The van der Waals surface area contributed by atoms with Crippen LogP contribution in [0.3, 0.4) is 0 Å². The number of benzene rings is 4. The minimum absolute atomic E-state index is 0.0696. The van der Waals surface area contributed by atoms with Gasteiger partial charge in [0, 0.05) is 59.9 Å². The fourth-order valence-corrected chi connectivity index (χ4v) is 6.40. The van der Waals surface area contributed by atoms with Crippen LogP contribution in [0.4, 0.5) is 11.4 Å². The van der Waals surface area contributed by atoms with Gasteiger partial charge in [0.1, 0.15) is 11.5 Å². The zero-order chi connectivity index (χ0) is 39.4. The van der Waals surface area contributed by atoms with Crippen LogP contribution in [0.25, 0.3) is 34.7 Å². The van der Waals surface area contributed by atoms with E-state index >= 15 is 0 Å². The normalized spacial score (nSPS) is 11.4. The van der Waals surface area contributed by atoms with Gasteiger partial charge in [-0.05, 0) is 96.1 Å². The Labute approximate surface area is 325 Å². The number of aromatic nitrogens is 4. The molecular weight excluding hydrogens is 731 g/mol. The molecule has 4 aromatic carbocycles. The highest BCUT2D eigenvalue weighted by atomic mass is 31.1. The number of rotatable bonds is 16. The third-order valence-electron chi connectivity index (χ3n) is 8.65. The highest BCUT2D eigenvalue weighted by molar-refractivity contribution is 7.33. The molecule has 0 atom stereocenters. The van der Waals surface area contributed by atoms with Crippen molar-refractivity contribution in [2.45, 2.75) is 13.2 Å². The van der Waals surface area contributed by atoms with Crippen molar-refractivity contribution in [1.29, 1.82) is 0 Å². The number of anilines is 2. The van der Waals surface area contributed by atoms with Crippen LogP contribution in [0.2, 0.25) is 0 Å². The standard InChI is InChI=1S/C42H41N6O7P/c1-47-41(31-9-19-37(52-3)20-10-31)33(25-43-47)13-23-39(49)45-35-15-5-29(6-16-35)27-54-56(51)55-28-30-7-17-36(18-8-30)46-40(50)24-14-34-26-44-48(2)42(34)32-11-21-38(53-4)22-12-32/h5-26,56H,27-28H2,1-4H3,(H,45,49)(H,46,50)/b23-13-,24-14-. The van der Waals surface area contributed by atoms with Gasteiger partial charge in [0.15, 0.2) is 0 Å². The molecule has 0 aliphatic rings. The maximum Gasteiger partial charge on any atom is 0.319 e. The number of nitrogens with zero attached hydrogens (tertiary/aromatic N) is 4. The molecule has 0 aliphatic carbocycles. The van der Waals surface area contributed by atoms with Gasteiger partial charge in [-0.2, -0.15) is 10.2 Å². The lowest BCUT2D eigenvalue weighted by molar-refractivity contribution is -0.112. The molecule has 0 spiro atoms. The molecule has 13 nitrogen and oxygen atoms in total. The summed E-state index contributed by atoms with van der Waals surface area (Å²) >= 11 is 0. The Morgan fingerprint density at radius 2 is 0.982 bits per heavy atom. The summed E-state index contributed by atoms with van der Waals surface area (Å²) in [7, 11) is 4.13. The maximum absolute atomic E-state index is 12.7. The summed E-state index contributed by atoms with van der Waals surface area (Å²) in [5.41, 5.74) is 7.93. The summed E-state index contributed by atoms with van der Waals surface area (Å²) < 4.78 is 37.4. The van der Waals surface area contributed by atoms with Crippen molar-refractivity contribution in [2.24, 2.45) is 14.1 Å². The topological polar surface area (TPSA) is 148 Å². The van der Waals surface area contributed by atoms with Gasteiger partial charge < -0.3 is 29.2 Å². The third kappa shape index (κ3) is 10.4. The Balaban J connectivity index is 0.922. The van der Waals surface area contributed by atoms with Crippen molar-refractivity contribution < 1.29 is 32.7 Å². The largest absolute Gasteiger partial charge is 0.497 e. The smallest absolute Gasteiger partial charge is 0.319 e. The average molecular weight is 773 g/mol. The lowest BCUT2D eigenvalue weighted by atomic mass is 10.1. The number of carbonyl (C=O) groups excluding carboxylic acids is 2. The van der Waals surface area contributed by atoms with Gasteiger partial charge in [0.2, 0.25) is 11.8 Å². The summed E-state index contributed by atoms with van der Waals surface area (Å²) in [6, 6.07) is 29.3. The summed E-state index contributed by atoms with van der Waals surface area (Å²) in [6.07, 6.45) is 9.76. The molecule has 2 N–H and O–H groups in total. The summed E-state index contributed by atoms with van der Waals surface area (Å²) in [5, 5.41) is 14.4. The number of ether oxygens (including phenoxy) is 2. The van der Waals surface area contributed by atoms with E-state index in [4.69, 9.17) is 18.5 Å². The molecule has 2 amide bonds. The molecule has 0 aliphatic heterocycles. The van der Waals surface area contributed by atoms with Gasteiger partial charge >= 0.3 is 8.25 Å². The number of amides is 2. The highest BCUT2D eigenvalue weighted by Crippen LogP contribution is 2.29. The Bertz CT molecular complexity index is 2180. The van der Waals surface area contributed by atoms with Crippen LogP contribution in [-0.4, -0.2) is 45.6 Å². The molecule has 0 saturated carbocycles. The van der Waals surface area contributed by atoms with Gasteiger partial charge in [0.05, 0.1) is 51.2 Å². The predicted molar refractivity (Wildman–Crippen MR) is 217 cm³/mol. The molecule has 56 heavy (non-hydrogen) atoms. The number of hydrogen-bond donors (Lipinski definition) is 2. The molecule has 0 radical (unpaired) electrons. The van der Waals surface area contributed by atoms with Crippen LogP contribution in [-0.2, 0) is 50.5 Å². The Morgan fingerprint density at radius 3 is 1.34 bits per heavy atom. The van der Waals surface area contributed by atoms with Gasteiger partial charge in [-0.15, -0.1) is 0 Å². The van der Waals surface area contributed by atoms with E-state index in [1.165, 1.54) is 12.2 Å². The predicted octanol–water partition coefficient (Wildman–Crippen LogP) is 7.93. The fourth-order valence-electron chi connectivity index (χ4n) is 5.75. The first-order chi connectivity index (χ1) is 27.2. The molecule has 0 fully saturated rings. The first-order valence-electron chi connectivity index (χ1n) is 17.5. The Morgan fingerprint density at radius 1 is 0.607 bits per heavy atom. The van der Waals surface area contributed by atoms with E-state index in [2.05, 4.69) is 20.8 Å². The molecule has 286 valence electrons. The fraction of sp³-hybridized carbons (Fsp3) is 0.143. The monoisotopic (exact) mass is 772 g/mol. The van der Waals surface area contributed by atoms with Crippen LogP contribution in [0.15, 0.2) is 122 Å². The number of nitrogens with one attached hydrogen (secondary N) is 2. The molecule has 14 heteroatoms. The van der Waals surface area contributed by atoms with Crippen LogP contribution in [0, 0.1) is 0 Å². The zero-order valence-electron chi connectivity index (χ0n) is 31.3. The van der Waals surface area contributed by atoms with E-state index in [9.17, 15) is 14.2 Å². The summed E-state index contributed by atoms with van der Waals surface area (Å²) in [6.45, 7) is 0.139. The average Bonchev–Trinajstić information content (AvgIpc) is 3.79.